The molecule has 1 rings (SSSR count). The molecule has 0 radical (unpaired) electrons. The number of carboxylic acid groups (broad SMARTS) is 1. The van der Waals surface area contributed by atoms with Gasteiger partial charge in [-0.25, -0.2) is 0 Å². The first-order valence-corrected chi connectivity index (χ1v) is 8.28. The molecule has 1 amide bonds. The highest BCUT2D eigenvalue weighted by Crippen LogP contribution is 2.21. The smallest absolute Gasteiger partial charge is 0.303 e. The molecular weight excluding hydrogens is 268 g/mol. The van der Waals surface area contributed by atoms with E-state index < -0.39 is 5.97 Å². The molecule has 1 aliphatic heterocycles. The third-order valence-electron chi connectivity index (χ3n) is 4.07. The van der Waals surface area contributed by atoms with Gasteiger partial charge in [-0.3, -0.25) is 14.5 Å². The number of carboxylic acids is 1. The number of aliphatic carboxylic acids is 1. The van der Waals surface area contributed by atoms with E-state index in [1.54, 1.807) is 0 Å². The van der Waals surface area contributed by atoms with Gasteiger partial charge in [0.05, 0.1) is 6.54 Å². The molecule has 5 nitrogen and oxygen atoms in total. The molecule has 0 aliphatic carbocycles. The maximum Gasteiger partial charge on any atom is 0.303 e. The Kier molecular flexibility index (Phi) is 8.35. The van der Waals surface area contributed by atoms with Crippen LogP contribution >= 0.6 is 0 Å². The third kappa shape index (κ3) is 6.93. The lowest BCUT2D eigenvalue weighted by Gasteiger charge is -2.33. The quantitative estimate of drug-likeness (QED) is 0.709. The molecule has 0 aromatic rings. The Morgan fingerprint density at radius 3 is 2.48 bits per heavy atom. The van der Waals surface area contributed by atoms with E-state index in [1.807, 2.05) is 4.90 Å². The van der Waals surface area contributed by atoms with Gasteiger partial charge in [0.25, 0.3) is 0 Å². The van der Waals surface area contributed by atoms with Gasteiger partial charge in [-0.15, -0.1) is 0 Å². The zero-order valence-electron chi connectivity index (χ0n) is 13.5. The molecule has 1 heterocycles. The molecule has 0 aromatic carbocycles. The van der Waals surface area contributed by atoms with Crippen LogP contribution in [-0.2, 0) is 9.59 Å². The number of piperidine rings is 1. The normalized spacial score (nSPS) is 19.4. The summed E-state index contributed by atoms with van der Waals surface area (Å²) < 4.78 is 0. The molecule has 5 heteroatoms. The van der Waals surface area contributed by atoms with Crippen LogP contribution in [0.2, 0.25) is 0 Å². The Bertz CT molecular complexity index is 327. The summed E-state index contributed by atoms with van der Waals surface area (Å²) in [6.45, 7) is 8.18. The summed E-state index contributed by atoms with van der Waals surface area (Å²) in [6.07, 6.45) is 5.11. The molecule has 1 aliphatic rings. The van der Waals surface area contributed by atoms with Crippen molar-refractivity contribution in [2.45, 2.75) is 52.4 Å². The van der Waals surface area contributed by atoms with Crippen LogP contribution < -0.4 is 0 Å². The van der Waals surface area contributed by atoms with Crippen LogP contribution in [0.25, 0.3) is 0 Å². The minimum absolute atomic E-state index is 0.220. The van der Waals surface area contributed by atoms with Crippen molar-refractivity contribution in [3.63, 3.8) is 0 Å². The second kappa shape index (κ2) is 9.77. The molecular formula is C16H30N2O3. The minimum Gasteiger partial charge on any atom is -0.481 e. The van der Waals surface area contributed by atoms with E-state index in [1.165, 1.54) is 0 Å². The van der Waals surface area contributed by atoms with Gasteiger partial charge >= 0.3 is 5.97 Å². The summed E-state index contributed by atoms with van der Waals surface area (Å²) in [4.78, 5) is 27.2. The predicted octanol–water partition coefficient (Wildman–Crippen LogP) is 2.21. The van der Waals surface area contributed by atoms with Crippen LogP contribution in [0.1, 0.15) is 52.4 Å². The molecule has 0 saturated carbocycles. The first-order chi connectivity index (χ1) is 10.1. The van der Waals surface area contributed by atoms with E-state index in [9.17, 15) is 9.59 Å². The number of hydrogen-bond donors (Lipinski definition) is 1. The van der Waals surface area contributed by atoms with Crippen molar-refractivity contribution < 1.29 is 14.7 Å². The van der Waals surface area contributed by atoms with Crippen LogP contribution in [0.5, 0.6) is 0 Å². The molecule has 0 bridgehead atoms. The van der Waals surface area contributed by atoms with E-state index in [2.05, 4.69) is 18.7 Å². The van der Waals surface area contributed by atoms with Gasteiger partial charge in [-0.05, 0) is 44.6 Å². The largest absolute Gasteiger partial charge is 0.481 e. The maximum atomic E-state index is 12.4. The van der Waals surface area contributed by atoms with Crippen molar-refractivity contribution >= 4 is 11.9 Å². The van der Waals surface area contributed by atoms with Gasteiger partial charge < -0.3 is 10.0 Å². The lowest BCUT2D eigenvalue weighted by Crippen LogP contribution is -2.44. The Balaban J connectivity index is 2.41. The first kappa shape index (κ1) is 18.0. The fourth-order valence-electron chi connectivity index (χ4n) is 3.05. The molecule has 1 saturated heterocycles. The number of nitrogens with zero attached hydrogens (tertiary/aromatic N) is 2. The lowest BCUT2D eigenvalue weighted by atomic mass is 9.93. The maximum absolute atomic E-state index is 12.4. The fourth-order valence-corrected chi connectivity index (χ4v) is 3.05. The molecule has 122 valence electrons. The predicted molar refractivity (Wildman–Crippen MR) is 83.2 cm³/mol. The highest BCUT2D eigenvalue weighted by atomic mass is 16.4. The molecule has 0 aromatic heterocycles. The summed E-state index contributed by atoms with van der Waals surface area (Å²) in [5.74, 6) is -0.0775. The van der Waals surface area contributed by atoms with Crippen LogP contribution in [0.15, 0.2) is 0 Å². The van der Waals surface area contributed by atoms with Crippen LogP contribution in [-0.4, -0.2) is 59.5 Å². The van der Waals surface area contributed by atoms with Crippen molar-refractivity contribution in [1.29, 1.82) is 0 Å². The number of carbonyl (C=O) groups is 2. The highest BCUT2D eigenvalue weighted by Gasteiger charge is 2.23. The minimum atomic E-state index is -0.722. The van der Waals surface area contributed by atoms with Crippen LogP contribution in [0, 0.1) is 5.92 Å². The molecule has 1 fully saturated rings. The Hall–Kier alpha value is -1.10. The SMILES string of the molecule is CCCN(CCC)C(=O)CN1CCCC(CCC(=O)O)C1. The van der Waals surface area contributed by atoms with Gasteiger partial charge in [0, 0.05) is 26.1 Å². The molecule has 1 N–H and O–H groups in total. The third-order valence-corrected chi connectivity index (χ3v) is 4.07. The van der Waals surface area contributed by atoms with Gasteiger partial charge in [-0.2, -0.15) is 0 Å². The summed E-state index contributed by atoms with van der Waals surface area (Å²) in [5, 5.41) is 8.77. The van der Waals surface area contributed by atoms with E-state index in [0.29, 0.717) is 12.5 Å². The van der Waals surface area contributed by atoms with E-state index in [0.717, 1.165) is 58.3 Å². The van der Waals surface area contributed by atoms with E-state index in [4.69, 9.17) is 5.11 Å². The van der Waals surface area contributed by atoms with Gasteiger partial charge in [-0.1, -0.05) is 13.8 Å². The van der Waals surface area contributed by atoms with Crippen molar-refractivity contribution in [3.8, 4) is 0 Å². The number of amides is 1. The zero-order valence-corrected chi connectivity index (χ0v) is 13.5. The summed E-state index contributed by atoms with van der Waals surface area (Å²) >= 11 is 0. The lowest BCUT2D eigenvalue weighted by molar-refractivity contribution is -0.138. The molecule has 21 heavy (non-hydrogen) atoms. The average molecular weight is 298 g/mol. The van der Waals surface area contributed by atoms with Crippen molar-refractivity contribution in [2.75, 3.05) is 32.7 Å². The van der Waals surface area contributed by atoms with Crippen molar-refractivity contribution in [1.82, 2.24) is 9.80 Å². The summed E-state index contributed by atoms with van der Waals surface area (Å²) in [6, 6.07) is 0. The second-order valence-electron chi connectivity index (χ2n) is 6.06. The fraction of sp³-hybridized carbons (Fsp3) is 0.875. The standard InChI is InChI=1S/C16H30N2O3/c1-3-9-18(10-4-2)15(19)13-17-11-5-6-14(12-17)7-8-16(20)21/h14H,3-13H2,1-2H3,(H,20,21). The second-order valence-corrected chi connectivity index (χ2v) is 6.06. The summed E-state index contributed by atoms with van der Waals surface area (Å²) in [5.41, 5.74) is 0. The Morgan fingerprint density at radius 2 is 1.90 bits per heavy atom. The summed E-state index contributed by atoms with van der Waals surface area (Å²) in [7, 11) is 0. The van der Waals surface area contributed by atoms with Crippen molar-refractivity contribution in [3.05, 3.63) is 0 Å². The Labute approximate surface area is 128 Å². The topological polar surface area (TPSA) is 60.9 Å². The zero-order chi connectivity index (χ0) is 15.7. The number of rotatable bonds is 9. The van der Waals surface area contributed by atoms with E-state index in [-0.39, 0.29) is 12.3 Å². The van der Waals surface area contributed by atoms with Crippen LogP contribution in [0.4, 0.5) is 0 Å². The van der Waals surface area contributed by atoms with Crippen molar-refractivity contribution in [2.24, 2.45) is 5.92 Å². The number of carbonyl (C=O) groups excluding carboxylic acids is 1. The van der Waals surface area contributed by atoms with Gasteiger partial charge in [0.2, 0.25) is 5.91 Å². The average Bonchev–Trinajstić information content (AvgIpc) is 2.45. The number of likely N-dealkylation sites (tertiary alicyclic amines) is 1. The van der Waals surface area contributed by atoms with E-state index >= 15 is 0 Å². The highest BCUT2D eigenvalue weighted by molar-refractivity contribution is 5.78. The van der Waals surface area contributed by atoms with Gasteiger partial charge in [0.15, 0.2) is 0 Å². The molecule has 1 unspecified atom stereocenters. The monoisotopic (exact) mass is 298 g/mol. The molecule has 0 spiro atoms. The van der Waals surface area contributed by atoms with Crippen LogP contribution in [0.3, 0.4) is 0 Å². The molecule has 1 atom stereocenters. The number of hydrogen-bond acceptors (Lipinski definition) is 3. The first-order valence-electron chi connectivity index (χ1n) is 8.28. The van der Waals surface area contributed by atoms with Gasteiger partial charge in [0.1, 0.15) is 0 Å². The Morgan fingerprint density at radius 1 is 1.24 bits per heavy atom.